The number of amides is 1. The molecule has 1 aromatic carbocycles. The van der Waals surface area contributed by atoms with Gasteiger partial charge in [0.15, 0.2) is 11.5 Å². The van der Waals surface area contributed by atoms with Gasteiger partial charge in [-0.1, -0.05) is 30.4 Å². The van der Waals surface area contributed by atoms with Crippen LogP contribution in [0.25, 0.3) is 6.08 Å². The van der Waals surface area contributed by atoms with E-state index in [2.05, 4.69) is 11.2 Å². The van der Waals surface area contributed by atoms with E-state index in [-0.39, 0.29) is 24.1 Å². The fraction of sp³-hybridized carbons (Fsp3) is 0.400. The second-order valence-corrected chi connectivity index (χ2v) is 6.29. The summed E-state index contributed by atoms with van der Waals surface area (Å²) in [6, 6.07) is 5.37. The first-order valence-corrected chi connectivity index (χ1v) is 8.92. The second-order valence-electron chi connectivity index (χ2n) is 5.88. The zero-order chi connectivity index (χ0) is 18.9. The van der Waals surface area contributed by atoms with Crippen molar-refractivity contribution in [2.75, 3.05) is 13.2 Å². The highest BCUT2D eigenvalue weighted by Crippen LogP contribution is 2.37. The number of hydrogen-bond acceptors (Lipinski definition) is 4. The minimum Gasteiger partial charge on any atom is -0.490 e. The summed E-state index contributed by atoms with van der Waals surface area (Å²) in [4.78, 5) is 12.3. The van der Waals surface area contributed by atoms with E-state index in [1.54, 1.807) is 12.1 Å². The van der Waals surface area contributed by atoms with Gasteiger partial charge in [-0.3, -0.25) is 4.79 Å². The van der Waals surface area contributed by atoms with Crippen molar-refractivity contribution in [1.29, 1.82) is 5.26 Å². The summed E-state index contributed by atoms with van der Waals surface area (Å²) in [5.41, 5.74) is 0.595. The lowest BCUT2D eigenvalue weighted by Gasteiger charge is -2.14. The van der Waals surface area contributed by atoms with Gasteiger partial charge in [-0.25, -0.2) is 0 Å². The Morgan fingerprint density at radius 3 is 2.77 bits per heavy atom. The Hall–Kier alpha value is -2.63. The van der Waals surface area contributed by atoms with Crippen LogP contribution in [0.15, 0.2) is 17.7 Å². The maximum atomic E-state index is 12.3. The molecule has 1 fully saturated rings. The van der Waals surface area contributed by atoms with Gasteiger partial charge in [0.05, 0.1) is 11.6 Å². The monoisotopic (exact) mass is 372 g/mol. The highest BCUT2D eigenvalue weighted by atomic mass is 35.5. The molecule has 2 rings (SSSR count). The molecule has 1 aliphatic carbocycles. The lowest BCUT2D eigenvalue weighted by Crippen LogP contribution is -2.33. The molecule has 1 aliphatic rings. The molecule has 0 heterocycles. The number of nitrogens with zero attached hydrogens (tertiary/aromatic N) is 1. The Morgan fingerprint density at radius 2 is 2.15 bits per heavy atom. The van der Waals surface area contributed by atoms with Crippen LogP contribution < -0.4 is 14.8 Å². The largest absolute Gasteiger partial charge is 0.490 e. The summed E-state index contributed by atoms with van der Waals surface area (Å²) in [5, 5.41) is 12.6. The Balaban J connectivity index is 2.27. The number of nitrogens with one attached hydrogen (secondary N) is 1. The van der Waals surface area contributed by atoms with E-state index in [1.165, 1.54) is 6.08 Å². The average molecular weight is 373 g/mol. The van der Waals surface area contributed by atoms with Gasteiger partial charge in [0.2, 0.25) is 0 Å². The molecule has 0 radical (unpaired) electrons. The third-order valence-electron chi connectivity index (χ3n) is 4.00. The first kappa shape index (κ1) is 19.7. The Labute approximate surface area is 158 Å². The van der Waals surface area contributed by atoms with Crippen LogP contribution in [0.3, 0.4) is 0 Å². The van der Waals surface area contributed by atoms with E-state index in [0.717, 1.165) is 25.7 Å². The average Bonchev–Trinajstić information content (AvgIpc) is 3.12. The summed E-state index contributed by atoms with van der Waals surface area (Å²) in [7, 11) is 0. The molecule has 1 N–H and O–H groups in total. The maximum absolute atomic E-state index is 12.3. The minimum atomic E-state index is -0.374. The lowest BCUT2D eigenvalue weighted by molar-refractivity contribution is -0.117. The third-order valence-corrected chi connectivity index (χ3v) is 4.28. The first-order valence-electron chi connectivity index (χ1n) is 8.54. The van der Waals surface area contributed by atoms with Crippen molar-refractivity contribution in [2.24, 2.45) is 0 Å². The molecular formula is C20H21ClN2O3. The highest BCUT2D eigenvalue weighted by Gasteiger charge is 2.20. The van der Waals surface area contributed by atoms with Gasteiger partial charge in [-0.15, -0.1) is 6.42 Å². The number of hydrogen-bond donors (Lipinski definition) is 1. The van der Waals surface area contributed by atoms with Crippen LogP contribution >= 0.6 is 11.6 Å². The van der Waals surface area contributed by atoms with E-state index >= 15 is 0 Å². The number of carbonyl (C=O) groups excluding carboxylic acids is 1. The molecule has 0 aromatic heterocycles. The van der Waals surface area contributed by atoms with E-state index in [0.29, 0.717) is 28.7 Å². The minimum absolute atomic E-state index is 0.0210. The third kappa shape index (κ3) is 5.18. The molecule has 1 amide bonds. The van der Waals surface area contributed by atoms with E-state index in [1.807, 2.05) is 13.0 Å². The van der Waals surface area contributed by atoms with Crippen LogP contribution in [-0.2, 0) is 4.79 Å². The van der Waals surface area contributed by atoms with E-state index in [9.17, 15) is 10.1 Å². The predicted octanol–water partition coefficient (Wildman–Crippen LogP) is 3.72. The number of halogens is 1. The van der Waals surface area contributed by atoms with E-state index in [4.69, 9.17) is 27.5 Å². The predicted molar refractivity (Wildman–Crippen MR) is 101 cm³/mol. The highest BCUT2D eigenvalue weighted by molar-refractivity contribution is 6.32. The molecule has 136 valence electrons. The van der Waals surface area contributed by atoms with Gasteiger partial charge < -0.3 is 14.8 Å². The maximum Gasteiger partial charge on any atom is 0.262 e. The van der Waals surface area contributed by atoms with Gasteiger partial charge in [0, 0.05) is 6.04 Å². The zero-order valence-electron chi connectivity index (χ0n) is 14.7. The van der Waals surface area contributed by atoms with Gasteiger partial charge in [-0.2, -0.15) is 5.26 Å². The summed E-state index contributed by atoms with van der Waals surface area (Å²) in [5.74, 6) is 2.76. The number of nitriles is 1. The summed E-state index contributed by atoms with van der Waals surface area (Å²) < 4.78 is 11.0. The van der Waals surface area contributed by atoms with Crippen molar-refractivity contribution in [3.05, 3.63) is 28.3 Å². The van der Waals surface area contributed by atoms with Crippen molar-refractivity contribution in [1.82, 2.24) is 5.32 Å². The van der Waals surface area contributed by atoms with Crippen molar-refractivity contribution >= 4 is 23.6 Å². The van der Waals surface area contributed by atoms with Crippen molar-refractivity contribution < 1.29 is 14.3 Å². The molecule has 0 atom stereocenters. The molecule has 0 unspecified atom stereocenters. The van der Waals surface area contributed by atoms with Crippen LogP contribution in [0, 0.1) is 23.7 Å². The number of rotatable bonds is 7. The fourth-order valence-electron chi connectivity index (χ4n) is 2.84. The van der Waals surface area contributed by atoms with E-state index < -0.39 is 0 Å². The number of carbonyl (C=O) groups is 1. The van der Waals surface area contributed by atoms with Crippen LogP contribution in [0.5, 0.6) is 11.5 Å². The molecule has 6 heteroatoms. The normalized spacial score (nSPS) is 14.4. The first-order chi connectivity index (χ1) is 12.6. The summed E-state index contributed by atoms with van der Waals surface area (Å²) in [6.45, 7) is 2.29. The molecule has 1 aromatic rings. The standard InChI is InChI=1S/C20H21ClN2O3/c1-3-9-26-19-17(21)11-14(12-18(19)25-4-2)10-15(13-22)20(24)23-16-7-5-6-8-16/h1,10-12,16H,4-9H2,2H3,(H,23,24)/b15-10-. The van der Waals surface area contributed by atoms with Crippen molar-refractivity contribution in [2.45, 2.75) is 38.6 Å². The smallest absolute Gasteiger partial charge is 0.262 e. The zero-order valence-corrected chi connectivity index (χ0v) is 15.4. The molecule has 0 bridgehead atoms. The molecule has 5 nitrogen and oxygen atoms in total. The number of benzene rings is 1. The van der Waals surface area contributed by atoms with Crippen LogP contribution in [-0.4, -0.2) is 25.2 Å². The summed E-state index contributed by atoms with van der Waals surface area (Å²) >= 11 is 6.26. The fourth-order valence-corrected chi connectivity index (χ4v) is 3.11. The molecule has 0 saturated heterocycles. The second kappa shape index (κ2) is 9.75. The lowest BCUT2D eigenvalue weighted by atomic mass is 10.1. The Morgan fingerprint density at radius 1 is 1.42 bits per heavy atom. The van der Waals surface area contributed by atoms with Crippen molar-refractivity contribution in [3.63, 3.8) is 0 Å². The Bertz CT molecular complexity index is 768. The SMILES string of the molecule is C#CCOc1c(Cl)cc(/C=C(/C#N)C(=O)NC2CCCC2)cc1OCC. The van der Waals surface area contributed by atoms with Crippen LogP contribution in [0.1, 0.15) is 38.2 Å². The number of terminal acetylenes is 1. The van der Waals surface area contributed by atoms with Gasteiger partial charge in [0.1, 0.15) is 18.2 Å². The van der Waals surface area contributed by atoms with Gasteiger partial charge in [-0.05, 0) is 43.5 Å². The molecule has 1 saturated carbocycles. The van der Waals surface area contributed by atoms with Crippen LogP contribution in [0.2, 0.25) is 5.02 Å². The van der Waals surface area contributed by atoms with Gasteiger partial charge in [0.25, 0.3) is 5.91 Å². The number of ether oxygens (including phenoxy) is 2. The Kier molecular flexibility index (Phi) is 7.38. The summed E-state index contributed by atoms with van der Waals surface area (Å²) in [6.07, 6.45) is 10.8. The topological polar surface area (TPSA) is 71.3 Å². The quantitative estimate of drug-likeness (QED) is 0.450. The molecule has 0 aliphatic heterocycles. The molecule has 26 heavy (non-hydrogen) atoms. The molecule has 0 spiro atoms. The van der Waals surface area contributed by atoms with Crippen molar-refractivity contribution in [3.8, 4) is 29.9 Å². The van der Waals surface area contributed by atoms with Gasteiger partial charge >= 0.3 is 0 Å². The van der Waals surface area contributed by atoms with Crippen LogP contribution in [0.4, 0.5) is 0 Å². The molecular weight excluding hydrogens is 352 g/mol.